The van der Waals surface area contributed by atoms with E-state index in [1.165, 1.54) is 167 Å². The number of hydrogen-bond donors (Lipinski definition) is 4. The molecule has 1 heterocycles. The normalized spacial score (nSPS) is 19.9. The van der Waals surface area contributed by atoms with Crippen LogP contribution in [0.25, 0.3) is 0 Å². The first-order valence-corrected chi connectivity index (χ1v) is 26.7. The van der Waals surface area contributed by atoms with E-state index in [-0.39, 0.29) is 19.2 Å². The molecule has 0 aliphatic carbocycles. The van der Waals surface area contributed by atoms with Gasteiger partial charge in [0.15, 0.2) is 6.29 Å². The quantitative estimate of drug-likeness (QED) is 0.0267. The van der Waals surface area contributed by atoms with E-state index in [9.17, 15) is 25.2 Å². The SMILES string of the molecule is CCCCCCC/C=C\C/C=C\C/C=C\CCCCCCCCCCCOCC(COC1OC(CO)C(O)C(O)C1O)OC(=O)CCCCCCCCC/C=C\CCCCCCCC. The zero-order valence-corrected chi connectivity index (χ0v) is 41.3. The minimum atomic E-state index is -1.54. The van der Waals surface area contributed by atoms with Crippen LogP contribution in [0.3, 0.4) is 0 Å². The summed E-state index contributed by atoms with van der Waals surface area (Å²) in [6, 6.07) is 0. The van der Waals surface area contributed by atoms with E-state index in [0.29, 0.717) is 13.0 Å². The van der Waals surface area contributed by atoms with Gasteiger partial charge in [-0.2, -0.15) is 0 Å². The number of rotatable bonds is 46. The molecule has 1 aliphatic heterocycles. The van der Waals surface area contributed by atoms with Crippen LogP contribution in [-0.4, -0.2) is 89.6 Å². The molecule has 64 heavy (non-hydrogen) atoms. The largest absolute Gasteiger partial charge is 0.457 e. The van der Waals surface area contributed by atoms with E-state index in [1.54, 1.807) is 0 Å². The zero-order valence-electron chi connectivity index (χ0n) is 41.3. The molecule has 0 saturated carbocycles. The highest BCUT2D eigenvalue weighted by molar-refractivity contribution is 5.69. The summed E-state index contributed by atoms with van der Waals surface area (Å²) >= 11 is 0. The van der Waals surface area contributed by atoms with Crippen molar-refractivity contribution in [1.82, 2.24) is 0 Å². The number of aliphatic hydroxyl groups excluding tert-OH is 4. The number of unbranched alkanes of at least 4 members (excludes halogenated alkanes) is 27. The number of ether oxygens (including phenoxy) is 4. The number of carbonyl (C=O) groups is 1. The lowest BCUT2D eigenvalue weighted by atomic mass is 9.99. The average Bonchev–Trinajstić information content (AvgIpc) is 3.30. The molecule has 0 spiro atoms. The monoisotopic (exact) mass is 905 g/mol. The lowest BCUT2D eigenvalue weighted by Crippen LogP contribution is -2.59. The lowest BCUT2D eigenvalue weighted by Gasteiger charge is -2.39. The number of allylic oxidation sites excluding steroid dienone is 8. The van der Waals surface area contributed by atoms with E-state index in [1.807, 2.05) is 0 Å². The molecule has 0 aromatic carbocycles. The van der Waals surface area contributed by atoms with E-state index >= 15 is 0 Å². The Morgan fingerprint density at radius 3 is 1.38 bits per heavy atom. The maximum Gasteiger partial charge on any atom is 0.306 e. The fraction of sp³-hybridized carbons (Fsp3) is 0.836. The van der Waals surface area contributed by atoms with Crippen molar-refractivity contribution < 1.29 is 44.2 Å². The third-order valence-electron chi connectivity index (χ3n) is 12.2. The Morgan fingerprint density at radius 2 is 0.906 bits per heavy atom. The second-order valence-corrected chi connectivity index (χ2v) is 18.3. The number of esters is 1. The topological polar surface area (TPSA) is 135 Å². The van der Waals surface area contributed by atoms with Gasteiger partial charge in [0.2, 0.25) is 0 Å². The third-order valence-corrected chi connectivity index (χ3v) is 12.2. The van der Waals surface area contributed by atoms with Crippen LogP contribution in [0.15, 0.2) is 48.6 Å². The van der Waals surface area contributed by atoms with Gasteiger partial charge in [-0.3, -0.25) is 4.79 Å². The van der Waals surface area contributed by atoms with Crippen molar-refractivity contribution in [2.45, 2.75) is 269 Å². The highest BCUT2D eigenvalue weighted by Gasteiger charge is 2.44. The maximum absolute atomic E-state index is 12.8. The average molecular weight is 905 g/mol. The van der Waals surface area contributed by atoms with Crippen molar-refractivity contribution in [3.63, 3.8) is 0 Å². The van der Waals surface area contributed by atoms with Crippen LogP contribution in [-0.2, 0) is 23.7 Å². The van der Waals surface area contributed by atoms with Gasteiger partial charge < -0.3 is 39.4 Å². The molecule has 0 radical (unpaired) electrons. The number of carbonyl (C=O) groups excluding carboxylic acids is 1. The molecule has 0 aromatic heterocycles. The van der Waals surface area contributed by atoms with Gasteiger partial charge in [-0.15, -0.1) is 0 Å². The van der Waals surface area contributed by atoms with E-state index in [4.69, 9.17) is 18.9 Å². The summed E-state index contributed by atoms with van der Waals surface area (Å²) in [5, 5.41) is 40.3. The van der Waals surface area contributed by atoms with Crippen LogP contribution in [0, 0.1) is 0 Å². The van der Waals surface area contributed by atoms with Gasteiger partial charge in [-0.25, -0.2) is 0 Å². The first-order chi connectivity index (χ1) is 31.4. The fourth-order valence-electron chi connectivity index (χ4n) is 8.02. The molecule has 1 aliphatic rings. The van der Waals surface area contributed by atoms with Crippen molar-refractivity contribution in [3.8, 4) is 0 Å². The van der Waals surface area contributed by atoms with Gasteiger partial charge in [0.1, 0.15) is 30.5 Å². The van der Waals surface area contributed by atoms with Crippen molar-refractivity contribution in [2.75, 3.05) is 26.4 Å². The molecular formula is C55H100O9. The molecule has 0 aromatic rings. The van der Waals surface area contributed by atoms with E-state index in [2.05, 4.69) is 62.5 Å². The first-order valence-electron chi connectivity index (χ1n) is 26.7. The predicted octanol–water partition coefficient (Wildman–Crippen LogP) is 13.3. The van der Waals surface area contributed by atoms with Crippen LogP contribution in [0.4, 0.5) is 0 Å². The number of hydrogen-bond acceptors (Lipinski definition) is 9. The lowest BCUT2D eigenvalue weighted by molar-refractivity contribution is -0.305. The summed E-state index contributed by atoms with van der Waals surface area (Å²) in [6.45, 7) is 4.55. The van der Waals surface area contributed by atoms with Gasteiger partial charge in [-0.05, 0) is 77.0 Å². The summed E-state index contributed by atoms with van der Waals surface area (Å²) in [5.41, 5.74) is 0. The minimum absolute atomic E-state index is 0.117. The van der Waals surface area contributed by atoms with Crippen molar-refractivity contribution in [2.24, 2.45) is 0 Å². The smallest absolute Gasteiger partial charge is 0.306 e. The van der Waals surface area contributed by atoms with Gasteiger partial charge in [-0.1, -0.05) is 197 Å². The van der Waals surface area contributed by atoms with Crippen LogP contribution in [0.2, 0.25) is 0 Å². The fourth-order valence-corrected chi connectivity index (χ4v) is 8.02. The maximum atomic E-state index is 12.8. The molecule has 6 unspecified atom stereocenters. The van der Waals surface area contributed by atoms with E-state index in [0.717, 1.165) is 44.9 Å². The van der Waals surface area contributed by atoms with Crippen molar-refractivity contribution in [1.29, 1.82) is 0 Å². The molecule has 0 amide bonds. The van der Waals surface area contributed by atoms with Crippen LogP contribution in [0.1, 0.15) is 232 Å². The molecule has 9 heteroatoms. The van der Waals surface area contributed by atoms with Crippen molar-refractivity contribution >= 4 is 5.97 Å². The van der Waals surface area contributed by atoms with Gasteiger partial charge in [0, 0.05) is 13.0 Å². The molecular weight excluding hydrogens is 805 g/mol. The predicted molar refractivity (Wildman–Crippen MR) is 265 cm³/mol. The number of aliphatic hydroxyl groups is 4. The van der Waals surface area contributed by atoms with E-state index < -0.39 is 43.4 Å². The Kier molecular flexibility index (Phi) is 43.5. The molecule has 1 saturated heterocycles. The summed E-state index contributed by atoms with van der Waals surface area (Å²) in [6.07, 6.45) is 51.4. The Balaban J connectivity index is 2.19. The first kappa shape index (κ1) is 60.2. The molecule has 4 N–H and O–H groups in total. The van der Waals surface area contributed by atoms with Gasteiger partial charge >= 0.3 is 5.97 Å². The molecule has 1 rings (SSSR count). The summed E-state index contributed by atoms with van der Waals surface area (Å²) in [4.78, 5) is 12.8. The Hall–Kier alpha value is -1.85. The third kappa shape index (κ3) is 36.3. The summed E-state index contributed by atoms with van der Waals surface area (Å²) < 4.78 is 22.9. The highest BCUT2D eigenvalue weighted by Crippen LogP contribution is 2.23. The Bertz CT molecular complexity index is 1120. The Labute approximate surface area is 392 Å². The molecule has 0 bridgehead atoms. The zero-order chi connectivity index (χ0) is 46.4. The Morgan fingerprint density at radius 1 is 0.500 bits per heavy atom. The second-order valence-electron chi connectivity index (χ2n) is 18.3. The van der Waals surface area contributed by atoms with Crippen LogP contribution in [0.5, 0.6) is 0 Å². The molecule has 9 nitrogen and oxygen atoms in total. The van der Waals surface area contributed by atoms with Crippen LogP contribution >= 0.6 is 0 Å². The minimum Gasteiger partial charge on any atom is -0.457 e. The molecule has 374 valence electrons. The summed E-state index contributed by atoms with van der Waals surface area (Å²) in [7, 11) is 0. The van der Waals surface area contributed by atoms with Crippen molar-refractivity contribution in [3.05, 3.63) is 48.6 Å². The van der Waals surface area contributed by atoms with Gasteiger partial charge in [0.25, 0.3) is 0 Å². The summed E-state index contributed by atoms with van der Waals surface area (Å²) in [5.74, 6) is -0.319. The molecule has 6 atom stereocenters. The van der Waals surface area contributed by atoms with Gasteiger partial charge in [0.05, 0.1) is 19.8 Å². The molecule has 1 fully saturated rings. The second kappa shape index (κ2) is 46.3. The standard InChI is InChI=1S/C55H100O9/c1-3-5-7-9-11-13-15-17-19-21-22-23-24-25-26-27-29-31-33-35-37-39-41-43-45-61-47-49(48-62-55-54(60)53(59)52(58)50(46-56)64-55)63-51(57)44-42-40-38-36-34-32-30-28-20-18-16-14-12-10-8-6-4-2/h15,17-18,20-22,24-25,49-50,52-56,58-60H,3-14,16,19,23,26-48H2,1-2H3/b17-15-,20-18-,22-21-,25-24-. The van der Waals surface area contributed by atoms with Crippen LogP contribution < -0.4 is 0 Å². The highest BCUT2D eigenvalue weighted by atomic mass is 16.7.